The molecule has 0 saturated carbocycles. The number of nitrogen functional groups attached to an aromatic ring is 1. The summed E-state index contributed by atoms with van der Waals surface area (Å²) in [5, 5.41) is 0. The van der Waals surface area contributed by atoms with E-state index in [9.17, 15) is 0 Å². The van der Waals surface area contributed by atoms with Crippen molar-refractivity contribution in [1.29, 1.82) is 0 Å². The molecule has 1 aliphatic rings. The number of aryl methyl sites for hydroxylation is 1. The van der Waals surface area contributed by atoms with Crippen LogP contribution in [0, 0.1) is 6.92 Å². The minimum Gasteiger partial charge on any atom is -0.383 e. The van der Waals surface area contributed by atoms with Crippen molar-refractivity contribution in [3.8, 4) is 0 Å². The lowest BCUT2D eigenvalue weighted by Crippen LogP contribution is -2.56. The van der Waals surface area contributed by atoms with Gasteiger partial charge in [-0.15, -0.1) is 0 Å². The number of hydrogen-bond acceptors (Lipinski definition) is 5. The Kier molecular flexibility index (Phi) is 1.81. The van der Waals surface area contributed by atoms with Crippen LogP contribution in [0.3, 0.4) is 0 Å². The van der Waals surface area contributed by atoms with Crippen molar-refractivity contribution in [2.24, 2.45) is 5.73 Å². The van der Waals surface area contributed by atoms with Gasteiger partial charge in [0, 0.05) is 30.9 Å². The Hall–Kier alpha value is -1.36. The van der Waals surface area contributed by atoms with Gasteiger partial charge in [-0.1, -0.05) is 0 Å². The molecule has 70 valence electrons. The van der Waals surface area contributed by atoms with Gasteiger partial charge in [0.25, 0.3) is 0 Å². The van der Waals surface area contributed by atoms with E-state index < -0.39 is 0 Å². The fourth-order valence-corrected chi connectivity index (χ4v) is 1.27. The quantitative estimate of drug-likeness (QED) is 0.608. The van der Waals surface area contributed by atoms with Crippen molar-refractivity contribution in [1.82, 2.24) is 9.97 Å². The van der Waals surface area contributed by atoms with E-state index in [0.29, 0.717) is 11.8 Å². The maximum absolute atomic E-state index is 5.66. The molecule has 4 N–H and O–H groups in total. The number of rotatable bonds is 1. The molecule has 5 heteroatoms. The van der Waals surface area contributed by atoms with E-state index in [1.165, 1.54) is 0 Å². The van der Waals surface area contributed by atoms with Crippen molar-refractivity contribution < 1.29 is 0 Å². The third-order valence-electron chi connectivity index (χ3n) is 2.19. The second kappa shape index (κ2) is 2.85. The highest BCUT2D eigenvalue weighted by Gasteiger charge is 2.25. The molecular formula is C8H13N5. The summed E-state index contributed by atoms with van der Waals surface area (Å²) in [7, 11) is 0. The Bertz CT molecular complexity index is 318. The molecule has 0 amide bonds. The Morgan fingerprint density at radius 2 is 2.23 bits per heavy atom. The highest BCUT2D eigenvalue weighted by molar-refractivity contribution is 5.45. The van der Waals surface area contributed by atoms with E-state index in [4.69, 9.17) is 11.5 Å². The molecular weight excluding hydrogens is 166 g/mol. The highest BCUT2D eigenvalue weighted by Crippen LogP contribution is 2.17. The van der Waals surface area contributed by atoms with Crippen LogP contribution in [0.1, 0.15) is 5.56 Å². The summed E-state index contributed by atoms with van der Waals surface area (Å²) in [4.78, 5) is 10.4. The van der Waals surface area contributed by atoms with Gasteiger partial charge in [0.15, 0.2) is 0 Å². The average Bonchev–Trinajstić information content (AvgIpc) is 2.05. The third kappa shape index (κ3) is 1.42. The molecule has 1 aliphatic heterocycles. The Morgan fingerprint density at radius 3 is 2.77 bits per heavy atom. The van der Waals surface area contributed by atoms with Crippen LogP contribution in [0.15, 0.2) is 6.20 Å². The van der Waals surface area contributed by atoms with Gasteiger partial charge >= 0.3 is 0 Å². The topological polar surface area (TPSA) is 81.1 Å². The summed E-state index contributed by atoms with van der Waals surface area (Å²) in [6, 6.07) is 0.256. The van der Waals surface area contributed by atoms with Crippen LogP contribution in [0.2, 0.25) is 0 Å². The maximum Gasteiger partial charge on any atom is 0.227 e. The standard InChI is InChI=1S/C8H13N5/c1-5-2-11-8(12-7(5)10)13-3-6(9)4-13/h2,6H,3-4,9H2,1H3,(H2,10,11,12). The molecule has 1 fully saturated rings. The number of hydrogen-bond donors (Lipinski definition) is 2. The summed E-state index contributed by atoms with van der Waals surface area (Å²) in [6.07, 6.45) is 1.74. The first-order valence-electron chi connectivity index (χ1n) is 4.26. The van der Waals surface area contributed by atoms with Crippen LogP contribution in [-0.2, 0) is 0 Å². The van der Waals surface area contributed by atoms with Crippen LogP contribution in [0.25, 0.3) is 0 Å². The van der Waals surface area contributed by atoms with Gasteiger partial charge in [0.1, 0.15) is 5.82 Å². The summed E-state index contributed by atoms with van der Waals surface area (Å²) in [5.41, 5.74) is 12.2. The van der Waals surface area contributed by atoms with Crippen molar-refractivity contribution in [2.75, 3.05) is 23.7 Å². The normalized spacial score (nSPS) is 17.2. The number of aromatic nitrogens is 2. The minimum absolute atomic E-state index is 0.256. The molecule has 1 saturated heterocycles. The molecule has 0 aliphatic carbocycles. The first kappa shape index (κ1) is 8.25. The zero-order valence-corrected chi connectivity index (χ0v) is 7.57. The van der Waals surface area contributed by atoms with Gasteiger partial charge in [0.05, 0.1) is 0 Å². The molecule has 0 aromatic carbocycles. The van der Waals surface area contributed by atoms with Crippen molar-refractivity contribution in [3.63, 3.8) is 0 Å². The van der Waals surface area contributed by atoms with Crippen LogP contribution in [0.5, 0.6) is 0 Å². The minimum atomic E-state index is 0.256. The van der Waals surface area contributed by atoms with E-state index in [1.54, 1.807) is 6.20 Å². The van der Waals surface area contributed by atoms with Crippen molar-refractivity contribution in [2.45, 2.75) is 13.0 Å². The molecule has 13 heavy (non-hydrogen) atoms. The van der Waals surface area contributed by atoms with Crippen molar-refractivity contribution in [3.05, 3.63) is 11.8 Å². The summed E-state index contributed by atoms with van der Waals surface area (Å²) >= 11 is 0. The zero-order chi connectivity index (χ0) is 9.42. The lowest BCUT2D eigenvalue weighted by molar-refractivity contribution is 0.509. The van der Waals surface area contributed by atoms with Crippen LogP contribution in [-0.4, -0.2) is 29.1 Å². The third-order valence-corrected chi connectivity index (χ3v) is 2.19. The Labute approximate surface area is 76.8 Å². The average molecular weight is 179 g/mol. The predicted molar refractivity (Wildman–Crippen MR) is 51.4 cm³/mol. The predicted octanol–water partition coefficient (Wildman–Crippen LogP) is -0.485. The molecule has 0 unspecified atom stereocenters. The van der Waals surface area contributed by atoms with Crippen LogP contribution < -0.4 is 16.4 Å². The summed E-state index contributed by atoms with van der Waals surface area (Å²) < 4.78 is 0. The van der Waals surface area contributed by atoms with E-state index in [1.807, 2.05) is 11.8 Å². The van der Waals surface area contributed by atoms with Gasteiger partial charge in [-0.05, 0) is 6.92 Å². The lowest BCUT2D eigenvalue weighted by atomic mass is 10.1. The van der Waals surface area contributed by atoms with Gasteiger partial charge in [0.2, 0.25) is 5.95 Å². The summed E-state index contributed by atoms with van der Waals surface area (Å²) in [6.45, 7) is 3.53. The highest BCUT2D eigenvalue weighted by atomic mass is 15.3. The number of nitrogens with zero attached hydrogens (tertiary/aromatic N) is 3. The fourth-order valence-electron chi connectivity index (χ4n) is 1.27. The van der Waals surface area contributed by atoms with Crippen molar-refractivity contribution >= 4 is 11.8 Å². The van der Waals surface area contributed by atoms with Gasteiger partial charge < -0.3 is 16.4 Å². The smallest absolute Gasteiger partial charge is 0.227 e. The van der Waals surface area contributed by atoms with E-state index in [0.717, 1.165) is 18.7 Å². The maximum atomic E-state index is 5.66. The fraction of sp³-hybridized carbons (Fsp3) is 0.500. The molecule has 5 nitrogen and oxygen atoms in total. The second-order valence-electron chi connectivity index (χ2n) is 3.40. The molecule has 0 radical (unpaired) electrons. The lowest BCUT2D eigenvalue weighted by Gasteiger charge is -2.36. The van der Waals surface area contributed by atoms with E-state index >= 15 is 0 Å². The van der Waals surface area contributed by atoms with E-state index in [-0.39, 0.29) is 6.04 Å². The Balaban J connectivity index is 2.18. The van der Waals surface area contributed by atoms with Crippen LogP contribution in [0.4, 0.5) is 11.8 Å². The largest absolute Gasteiger partial charge is 0.383 e. The SMILES string of the molecule is Cc1cnc(N2CC(N)C2)nc1N. The molecule has 1 aromatic heterocycles. The molecule has 0 spiro atoms. The number of nitrogens with two attached hydrogens (primary N) is 2. The Morgan fingerprint density at radius 1 is 1.54 bits per heavy atom. The molecule has 1 aromatic rings. The molecule has 2 heterocycles. The monoisotopic (exact) mass is 179 g/mol. The zero-order valence-electron chi connectivity index (χ0n) is 7.57. The van der Waals surface area contributed by atoms with Crippen LogP contribution >= 0.6 is 0 Å². The van der Waals surface area contributed by atoms with Gasteiger partial charge in [-0.3, -0.25) is 0 Å². The molecule has 2 rings (SSSR count). The second-order valence-corrected chi connectivity index (χ2v) is 3.40. The molecule has 0 bridgehead atoms. The number of anilines is 2. The summed E-state index contributed by atoms with van der Waals surface area (Å²) in [5.74, 6) is 1.23. The first-order chi connectivity index (χ1) is 6.16. The van der Waals surface area contributed by atoms with Gasteiger partial charge in [-0.2, -0.15) is 4.98 Å². The van der Waals surface area contributed by atoms with E-state index in [2.05, 4.69) is 9.97 Å². The molecule has 0 atom stereocenters. The first-order valence-corrected chi connectivity index (χ1v) is 4.26. The van der Waals surface area contributed by atoms with Gasteiger partial charge in [-0.25, -0.2) is 4.98 Å².